The summed E-state index contributed by atoms with van der Waals surface area (Å²) in [6.45, 7) is 6.55. The van der Waals surface area contributed by atoms with Crippen LogP contribution in [0, 0.1) is 6.92 Å². The molecule has 0 saturated heterocycles. The van der Waals surface area contributed by atoms with Crippen LogP contribution in [-0.4, -0.2) is 17.7 Å². The minimum atomic E-state index is -0.486. The molecule has 0 atom stereocenters. The van der Waals surface area contributed by atoms with Gasteiger partial charge in [-0.25, -0.2) is 4.79 Å². The zero-order chi connectivity index (χ0) is 15.1. The van der Waals surface area contributed by atoms with Crippen LogP contribution in [0.1, 0.15) is 44.7 Å². The van der Waals surface area contributed by atoms with Crippen molar-refractivity contribution < 1.29 is 19.2 Å². The lowest BCUT2D eigenvalue weighted by Gasteiger charge is -2.11. The van der Waals surface area contributed by atoms with Crippen molar-refractivity contribution >= 4 is 17.7 Å². The molecule has 0 spiro atoms. The fourth-order valence-corrected chi connectivity index (χ4v) is 1.70. The van der Waals surface area contributed by atoms with Crippen molar-refractivity contribution in [3.05, 3.63) is 29.3 Å². The maximum absolute atomic E-state index is 11.1. The first-order chi connectivity index (χ1) is 9.43. The van der Waals surface area contributed by atoms with Gasteiger partial charge >= 0.3 is 11.9 Å². The summed E-state index contributed by atoms with van der Waals surface area (Å²) in [7, 11) is 0. The number of ether oxygens (including phenoxy) is 1. The smallest absolute Gasteiger partial charge is 0.331 e. The lowest BCUT2D eigenvalue weighted by Crippen LogP contribution is -2.10. The molecule has 1 aromatic carbocycles. The normalized spacial score (nSPS) is 11.1. The van der Waals surface area contributed by atoms with E-state index in [0.29, 0.717) is 23.4 Å². The molecule has 0 bridgehead atoms. The van der Waals surface area contributed by atoms with Gasteiger partial charge in [0.05, 0.1) is 5.71 Å². The van der Waals surface area contributed by atoms with E-state index in [1.54, 1.807) is 6.07 Å². The second-order valence-corrected chi connectivity index (χ2v) is 4.46. The molecule has 5 heteroatoms. The molecule has 0 radical (unpaired) electrons. The molecule has 20 heavy (non-hydrogen) atoms. The maximum atomic E-state index is 11.1. The zero-order valence-corrected chi connectivity index (χ0v) is 12.2. The summed E-state index contributed by atoms with van der Waals surface area (Å²) < 4.78 is 5.17. The molecule has 1 aromatic rings. The van der Waals surface area contributed by atoms with Crippen LogP contribution in [0.5, 0.6) is 5.75 Å². The van der Waals surface area contributed by atoms with Crippen molar-refractivity contribution in [2.75, 3.05) is 0 Å². The topological polar surface area (TPSA) is 65.0 Å². The zero-order valence-electron chi connectivity index (χ0n) is 12.2. The lowest BCUT2D eigenvalue weighted by molar-refractivity contribution is -0.141. The Morgan fingerprint density at radius 1 is 1.20 bits per heavy atom. The molecule has 108 valence electrons. The molecule has 0 aliphatic carbocycles. The molecule has 0 aliphatic rings. The third-order valence-electron chi connectivity index (χ3n) is 2.47. The predicted molar refractivity (Wildman–Crippen MR) is 75.7 cm³/mol. The molecule has 0 N–H and O–H groups in total. The number of carbonyl (C=O) groups is 2. The van der Waals surface area contributed by atoms with Gasteiger partial charge < -0.3 is 9.57 Å². The minimum Gasteiger partial charge on any atom is -0.426 e. The standard InChI is InChI=1S/C15H19NO4/c1-5-6-14(16-20-12(4)18)13-9-10(2)7-8-15(13)19-11(3)17/h7-9H,5-6H2,1-4H3. The van der Waals surface area contributed by atoms with E-state index in [0.717, 1.165) is 12.0 Å². The monoisotopic (exact) mass is 277 g/mol. The number of carbonyl (C=O) groups excluding carboxylic acids is 2. The molecule has 0 unspecified atom stereocenters. The molecule has 1 rings (SSSR count). The summed E-state index contributed by atoms with van der Waals surface area (Å²) in [4.78, 5) is 26.8. The molecular weight excluding hydrogens is 258 g/mol. The van der Waals surface area contributed by atoms with Crippen LogP contribution >= 0.6 is 0 Å². The number of rotatable bonds is 5. The van der Waals surface area contributed by atoms with Crippen molar-refractivity contribution in [3.8, 4) is 5.75 Å². The SMILES string of the molecule is CCCC(=NOC(C)=O)c1cc(C)ccc1OC(C)=O. The number of oxime groups is 1. The van der Waals surface area contributed by atoms with Crippen molar-refractivity contribution in [3.63, 3.8) is 0 Å². The summed E-state index contributed by atoms with van der Waals surface area (Å²) in [5, 5.41) is 3.87. The molecular formula is C15H19NO4. The molecule has 5 nitrogen and oxygen atoms in total. The molecule has 0 aliphatic heterocycles. The van der Waals surface area contributed by atoms with Crippen LogP contribution in [-0.2, 0) is 14.4 Å². The highest BCUT2D eigenvalue weighted by molar-refractivity contribution is 6.03. The Balaban J connectivity index is 3.22. The highest BCUT2D eigenvalue weighted by Crippen LogP contribution is 2.23. The Morgan fingerprint density at radius 2 is 1.90 bits per heavy atom. The summed E-state index contributed by atoms with van der Waals surface area (Å²) in [6, 6.07) is 5.42. The van der Waals surface area contributed by atoms with Gasteiger partial charge in [-0.15, -0.1) is 0 Å². The number of hydrogen-bond acceptors (Lipinski definition) is 5. The van der Waals surface area contributed by atoms with Gasteiger partial charge in [0, 0.05) is 19.4 Å². The van der Waals surface area contributed by atoms with Crippen molar-refractivity contribution in [2.45, 2.75) is 40.5 Å². The van der Waals surface area contributed by atoms with Crippen molar-refractivity contribution in [1.29, 1.82) is 0 Å². The third-order valence-corrected chi connectivity index (χ3v) is 2.47. The second kappa shape index (κ2) is 7.43. The van der Waals surface area contributed by atoms with Gasteiger partial charge in [-0.1, -0.05) is 30.1 Å². The van der Waals surface area contributed by atoms with E-state index in [9.17, 15) is 9.59 Å². The minimum absolute atomic E-state index is 0.404. The van der Waals surface area contributed by atoms with Crippen LogP contribution in [0.4, 0.5) is 0 Å². The van der Waals surface area contributed by atoms with Crippen LogP contribution in [0.3, 0.4) is 0 Å². The summed E-state index contributed by atoms with van der Waals surface area (Å²) >= 11 is 0. The first kappa shape index (κ1) is 15.9. The summed E-state index contributed by atoms with van der Waals surface area (Å²) in [5.74, 6) is -0.471. The van der Waals surface area contributed by atoms with Crippen molar-refractivity contribution in [2.24, 2.45) is 5.16 Å². The maximum Gasteiger partial charge on any atom is 0.331 e. The second-order valence-electron chi connectivity index (χ2n) is 4.46. The van der Waals surface area contributed by atoms with Crippen LogP contribution in [0.15, 0.2) is 23.4 Å². The van der Waals surface area contributed by atoms with Gasteiger partial charge in [-0.2, -0.15) is 0 Å². The third kappa shape index (κ3) is 4.84. The summed E-state index contributed by atoms with van der Waals surface area (Å²) in [5.41, 5.74) is 2.26. The Morgan fingerprint density at radius 3 is 2.45 bits per heavy atom. The Labute approximate surface area is 118 Å². The Hall–Kier alpha value is -2.17. The molecule has 0 fully saturated rings. The number of hydrogen-bond donors (Lipinski definition) is 0. The molecule has 0 aromatic heterocycles. The van der Waals surface area contributed by atoms with E-state index < -0.39 is 11.9 Å². The number of nitrogens with zero attached hydrogens (tertiary/aromatic N) is 1. The number of aryl methyl sites for hydroxylation is 1. The Kier molecular flexibility index (Phi) is 5.90. The van der Waals surface area contributed by atoms with E-state index >= 15 is 0 Å². The fraction of sp³-hybridized carbons (Fsp3) is 0.400. The summed E-state index contributed by atoms with van der Waals surface area (Å²) in [6.07, 6.45) is 1.44. The average molecular weight is 277 g/mol. The highest BCUT2D eigenvalue weighted by atomic mass is 16.7. The van der Waals surface area contributed by atoms with Gasteiger partial charge in [0.1, 0.15) is 5.75 Å². The lowest BCUT2D eigenvalue weighted by atomic mass is 10.0. The van der Waals surface area contributed by atoms with Gasteiger partial charge in [-0.05, 0) is 25.5 Å². The van der Waals surface area contributed by atoms with E-state index in [1.165, 1.54) is 13.8 Å². The van der Waals surface area contributed by atoms with E-state index in [4.69, 9.17) is 9.57 Å². The Bertz CT molecular complexity index is 535. The van der Waals surface area contributed by atoms with Gasteiger partial charge in [0.25, 0.3) is 0 Å². The molecule has 0 amide bonds. The van der Waals surface area contributed by atoms with Gasteiger partial charge in [-0.3, -0.25) is 4.79 Å². The van der Waals surface area contributed by atoms with Crippen molar-refractivity contribution in [1.82, 2.24) is 0 Å². The van der Waals surface area contributed by atoms with Gasteiger partial charge in [0.15, 0.2) is 0 Å². The van der Waals surface area contributed by atoms with E-state index in [1.807, 2.05) is 26.0 Å². The van der Waals surface area contributed by atoms with Crippen LogP contribution in [0.25, 0.3) is 0 Å². The molecule has 0 saturated carbocycles. The number of esters is 1. The first-order valence-electron chi connectivity index (χ1n) is 6.48. The van der Waals surface area contributed by atoms with E-state index in [-0.39, 0.29) is 0 Å². The predicted octanol–water partition coefficient (Wildman–Crippen LogP) is 2.99. The number of benzene rings is 1. The quantitative estimate of drug-likeness (QED) is 0.273. The van der Waals surface area contributed by atoms with Gasteiger partial charge in [0.2, 0.25) is 0 Å². The average Bonchev–Trinajstić information content (AvgIpc) is 2.36. The first-order valence-corrected chi connectivity index (χ1v) is 6.48. The fourth-order valence-electron chi connectivity index (χ4n) is 1.70. The highest BCUT2D eigenvalue weighted by Gasteiger charge is 2.13. The molecule has 0 heterocycles. The van der Waals surface area contributed by atoms with Crippen LogP contribution in [0.2, 0.25) is 0 Å². The van der Waals surface area contributed by atoms with Crippen LogP contribution < -0.4 is 4.74 Å². The largest absolute Gasteiger partial charge is 0.426 e. The van der Waals surface area contributed by atoms with E-state index in [2.05, 4.69) is 5.16 Å².